The van der Waals surface area contributed by atoms with Gasteiger partial charge in [-0.1, -0.05) is 13.8 Å². The smallest absolute Gasteiger partial charge is 0.185 e. The fourth-order valence-electron chi connectivity index (χ4n) is 2.24. The SMILES string of the molecule is CCCNc1c(C)c(CC)nc2c(F)c(F)ccc12. The van der Waals surface area contributed by atoms with Crippen LogP contribution in [0.2, 0.25) is 0 Å². The van der Waals surface area contributed by atoms with Crippen LogP contribution < -0.4 is 5.32 Å². The number of aryl methyl sites for hydroxylation is 1. The van der Waals surface area contributed by atoms with Crippen LogP contribution in [-0.4, -0.2) is 11.5 Å². The van der Waals surface area contributed by atoms with Gasteiger partial charge in [-0.05, 0) is 37.5 Å². The fraction of sp³-hybridized carbons (Fsp3) is 0.400. The second-order valence-corrected chi connectivity index (χ2v) is 4.60. The second-order valence-electron chi connectivity index (χ2n) is 4.60. The predicted molar refractivity (Wildman–Crippen MR) is 74.6 cm³/mol. The highest BCUT2D eigenvalue weighted by atomic mass is 19.2. The molecule has 0 aliphatic heterocycles. The third kappa shape index (κ3) is 2.39. The summed E-state index contributed by atoms with van der Waals surface area (Å²) < 4.78 is 27.2. The van der Waals surface area contributed by atoms with Gasteiger partial charge in [-0.2, -0.15) is 0 Å². The molecule has 2 aromatic rings. The first-order valence-electron chi connectivity index (χ1n) is 6.61. The quantitative estimate of drug-likeness (QED) is 0.895. The van der Waals surface area contributed by atoms with Gasteiger partial charge in [0.15, 0.2) is 11.6 Å². The van der Waals surface area contributed by atoms with Gasteiger partial charge in [-0.3, -0.25) is 0 Å². The molecule has 2 rings (SSSR count). The number of aromatic nitrogens is 1. The third-order valence-corrected chi connectivity index (χ3v) is 3.28. The number of benzene rings is 1. The van der Waals surface area contributed by atoms with Crippen LogP contribution in [0.5, 0.6) is 0 Å². The molecule has 0 radical (unpaired) electrons. The standard InChI is InChI=1S/C15H18F2N2/c1-4-8-18-14-9(3)12(5-2)19-15-10(14)6-7-11(16)13(15)17/h6-7H,4-5,8H2,1-3H3,(H,18,19). The van der Waals surface area contributed by atoms with Crippen LogP contribution in [0.3, 0.4) is 0 Å². The molecule has 0 fully saturated rings. The van der Waals surface area contributed by atoms with E-state index in [1.165, 1.54) is 0 Å². The Morgan fingerprint density at radius 2 is 1.95 bits per heavy atom. The Bertz CT molecular complexity index is 609. The molecule has 1 aromatic carbocycles. The first-order chi connectivity index (χ1) is 9.10. The van der Waals surface area contributed by atoms with Crippen molar-refractivity contribution in [1.29, 1.82) is 0 Å². The van der Waals surface area contributed by atoms with Crippen molar-refractivity contribution < 1.29 is 8.78 Å². The highest BCUT2D eigenvalue weighted by Gasteiger charge is 2.15. The monoisotopic (exact) mass is 264 g/mol. The summed E-state index contributed by atoms with van der Waals surface area (Å²) >= 11 is 0. The van der Waals surface area contributed by atoms with Gasteiger partial charge in [0.2, 0.25) is 0 Å². The zero-order chi connectivity index (χ0) is 14.0. The number of rotatable bonds is 4. The number of anilines is 1. The highest BCUT2D eigenvalue weighted by Crippen LogP contribution is 2.30. The summed E-state index contributed by atoms with van der Waals surface area (Å²) in [6.45, 7) is 6.78. The Kier molecular flexibility index (Phi) is 3.98. The number of fused-ring (bicyclic) bond motifs is 1. The fourth-order valence-corrected chi connectivity index (χ4v) is 2.24. The summed E-state index contributed by atoms with van der Waals surface area (Å²) in [7, 11) is 0. The van der Waals surface area contributed by atoms with Crippen LogP contribution in [0.15, 0.2) is 12.1 Å². The summed E-state index contributed by atoms with van der Waals surface area (Å²) in [5.41, 5.74) is 2.79. The summed E-state index contributed by atoms with van der Waals surface area (Å²) in [5, 5.41) is 3.94. The van der Waals surface area contributed by atoms with Gasteiger partial charge in [0.1, 0.15) is 5.52 Å². The number of hydrogen-bond donors (Lipinski definition) is 1. The molecule has 0 saturated heterocycles. The van der Waals surface area contributed by atoms with Crippen molar-refractivity contribution in [3.05, 3.63) is 35.0 Å². The zero-order valence-electron chi connectivity index (χ0n) is 11.5. The average molecular weight is 264 g/mol. The largest absolute Gasteiger partial charge is 0.384 e. The maximum absolute atomic E-state index is 13.9. The van der Waals surface area contributed by atoms with E-state index >= 15 is 0 Å². The minimum atomic E-state index is -0.869. The summed E-state index contributed by atoms with van der Waals surface area (Å²) in [4.78, 5) is 4.27. The molecule has 0 aliphatic rings. The summed E-state index contributed by atoms with van der Waals surface area (Å²) in [5.74, 6) is -1.72. The molecule has 0 saturated carbocycles. The molecule has 0 aliphatic carbocycles. The van der Waals surface area contributed by atoms with Crippen LogP contribution in [-0.2, 0) is 6.42 Å². The molecule has 1 heterocycles. The van der Waals surface area contributed by atoms with Gasteiger partial charge in [0.25, 0.3) is 0 Å². The lowest BCUT2D eigenvalue weighted by Crippen LogP contribution is -2.07. The maximum atomic E-state index is 13.9. The molecule has 1 aromatic heterocycles. The maximum Gasteiger partial charge on any atom is 0.185 e. The minimum absolute atomic E-state index is 0.112. The van der Waals surface area contributed by atoms with Crippen molar-refractivity contribution in [3.8, 4) is 0 Å². The van der Waals surface area contributed by atoms with Crippen LogP contribution in [0, 0.1) is 18.6 Å². The number of pyridine rings is 1. The average Bonchev–Trinajstić information content (AvgIpc) is 2.41. The lowest BCUT2D eigenvalue weighted by molar-refractivity contribution is 0.515. The Balaban J connectivity index is 2.75. The highest BCUT2D eigenvalue weighted by molar-refractivity contribution is 5.93. The lowest BCUT2D eigenvalue weighted by atomic mass is 10.0. The first kappa shape index (κ1) is 13.7. The molecular weight excluding hydrogens is 246 g/mol. The van der Waals surface area contributed by atoms with E-state index in [1.807, 2.05) is 13.8 Å². The van der Waals surface area contributed by atoms with Crippen LogP contribution >= 0.6 is 0 Å². The summed E-state index contributed by atoms with van der Waals surface area (Å²) in [6, 6.07) is 2.74. The van der Waals surface area contributed by atoms with Crippen molar-refractivity contribution in [2.75, 3.05) is 11.9 Å². The Morgan fingerprint density at radius 3 is 2.58 bits per heavy atom. The first-order valence-corrected chi connectivity index (χ1v) is 6.61. The van der Waals surface area contributed by atoms with Crippen LogP contribution in [0.25, 0.3) is 10.9 Å². The van der Waals surface area contributed by atoms with Crippen molar-refractivity contribution in [1.82, 2.24) is 4.98 Å². The Labute approximate surface area is 111 Å². The predicted octanol–water partition coefficient (Wildman–Crippen LogP) is 4.21. The molecule has 1 N–H and O–H groups in total. The van der Waals surface area contributed by atoms with E-state index in [-0.39, 0.29) is 5.52 Å². The van der Waals surface area contributed by atoms with Gasteiger partial charge in [0.05, 0.1) is 0 Å². The van der Waals surface area contributed by atoms with E-state index in [0.29, 0.717) is 11.8 Å². The molecule has 102 valence electrons. The van der Waals surface area contributed by atoms with Gasteiger partial charge < -0.3 is 5.32 Å². The molecule has 2 nitrogen and oxygen atoms in total. The minimum Gasteiger partial charge on any atom is -0.384 e. The lowest BCUT2D eigenvalue weighted by Gasteiger charge is -2.15. The topological polar surface area (TPSA) is 24.9 Å². The van der Waals surface area contributed by atoms with Gasteiger partial charge >= 0.3 is 0 Å². The Hall–Kier alpha value is -1.71. The molecule has 4 heteroatoms. The van der Waals surface area contributed by atoms with E-state index < -0.39 is 11.6 Å². The van der Waals surface area contributed by atoms with Crippen molar-refractivity contribution in [3.63, 3.8) is 0 Å². The number of nitrogens with zero attached hydrogens (tertiary/aromatic N) is 1. The third-order valence-electron chi connectivity index (χ3n) is 3.28. The van der Waals surface area contributed by atoms with Gasteiger partial charge in [-0.15, -0.1) is 0 Å². The number of nitrogens with one attached hydrogen (secondary N) is 1. The Morgan fingerprint density at radius 1 is 1.21 bits per heavy atom. The van der Waals surface area contributed by atoms with Crippen LogP contribution in [0.1, 0.15) is 31.5 Å². The normalized spacial score (nSPS) is 11.0. The number of hydrogen-bond acceptors (Lipinski definition) is 2. The molecule has 0 unspecified atom stereocenters. The van der Waals surface area contributed by atoms with E-state index in [0.717, 1.165) is 36.0 Å². The molecule has 0 spiro atoms. The number of halogens is 2. The molecule has 0 atom stereocenters. The van der Waals surface area contributed by atoms with Gasteiger partial charge in [-0.25, -0.2) is 13.8 Å². The van der Waals surface area contributed by atoms with Gasteiger partial charge in [0, 0.05) is 23.3 Å². The molecule has 0 bridgehead atoms. The van der Waals surface area contributed by atoms with E-state index in [9.17, 15) is 8.78 Å². The van der Waals surface area contributed by atoms with Crippen molar-refractivity contribution in [2.24, 2.45) is 0 Å². The molecule has 0 amide bonds. The second kappa shape index (κ2) is 5.51. The zero-order valence-corrected chi connectivity index (χ0v) is 11.5. The molecule has 19 heavy (non-hydrogen) atoms. The van der Waals surface area contributed by atoms with Crippen molar-refractivity contribution >= 4 is 16.6 Å². The van der Waals surface area contributed by atoms with Crippen molar-refractivity contribution in [2.45, 2.75) is 33.6 Å². The van der Waals surface area contributed by atoms with E-state index in [4.69, 9.17) is 0 Å². The summed E-state index contributed by atoms with van der Waals surface area (Å²) in [6.07, 6.45) is 1.66. The van der Waals surface area contributed by atoms with E-state index in [2.05, 4.69) is 17.2 Å². The van der Waals surface area contributed by atoms with Crippen LogP contribution in [0.4, 0.5) is 14.5 Å². The van der Waals surface area contributed by atoms with E-state index in [1.54, 1.807) is 6.07 Å². The molecular formula is C15H18F2N2.